The van der Waals surface area contributed by atoms with Crippen LogP contribution in [0, 0.1) is 0 Å². The van der Waals surface area contributed by atoms with Crippen molar-refractivity contribution >= 4 is 10.1 Å². The van der Waals surface area contributed by atoms with E-state index in [1.165, 1.54) is 0 Å². The number of aromatic nitrogens is 2. The van der Waals surface area contributed by atoms with Crippen molar-refractivity contribution < 1.29 is 17.2 Å². The molecule has 13 heavy (non-hydrogen) atoms. The highest BCUT2D eigenvalue weighted by Gasteiger charge is 2.09. The van der Waals surface area contributed by atoms with Gasteiger partial charge in [0.2, 0.25) is 13.1 Å². The maximum Gasteiger partial charge on any atom is 0.270 e. The largest absolute Gasteiger partial charge is 0.270 e. The maximum atomic E-state index is 10.9. The summed E-state index contributed by atoms with van der Waals surface area (Å²) in [4.78, 5) is 0. The Balaban J connectivity index is 2.53. The van der Waals surface area contributed by atoms with Crippen LogP contribution in [-0.2, 0) is 28.1 Å². The fourth-order valence-electron chi connectivity index (χ4n) is 0.803. The van der Waals surface area contributed by atoms with Crippen LogP contribution < -0.4 is 4.57 Å². The van der Waals surface area contributed by atoms with Crippen LogP contribution in [0.2, 0.25) is 0 Å². The molecular weight excluding hydrogens is 192 g/mol. The summed E-state index contributed by atoms with van der Waals surface area (Å²) in [6.07, 6.45) is 5.29. The third kappa shape index (κ3) is 3.16. The molecule has 0 saturated carbocycles. The van der Waals surface area contributed by atoms with Crippen LogP contribution in [-0.4, -0.2) is 18.7 Å². The van der Waals surface area contributed by atoms with E-state index in [9.17, 15) is 8.42 Å². The van der Waals surface area contributed by atoms with E-state index >= 15 is 0 Å². The van der Waals surface area contributed by atoms with Gasteiger partial charge in [-0.1, -0.05) is 0 Å². The molecule has 0 aliphatic heterocycles. The van der Waals surface area contributed by atoms with Gasteiger partial charge in [-0.05, 0) is 6.92 Å². The summed E-state index contributed by atoms with van der Waals surface area (Å²) in [5, 5.41) is 0. The Bertz CT molecular complexity index is 369. The lowest BCUT2D eigenvalue weighted by Crippen LogP contribution is -2.24. The second-order valence-electron chi connectivity index (χ2n) is 2.69. The first-order valence-corrected chi connectivity index (χ1v) is 5.49. The number of hydrogen-bond acceptors (Lipinski definition) is 3. The zero-order chi connectivity index (χ0) is 9.90. The Labute approximate surface area is 77.7 Å². The van der Waals surface area contributed by atoms with E-state index in [0.717, 1.165) is 0 Å². The molecule has 0 fully saturated rings. The summed E-state index contributed by atoms with van der Waals surface area (Å²) < 4.78 is 30.0. The fourth-order valence-corrected chi connectivity index (χ4v) is 1.25. The molecular formula is C7H13N2O3S+. The number of imidazole rings is 1. The third-order valence-corrected chi connectivity index (χ3v) is 2.73. The van der Waals surface area contributed by atoms with Crippen LogP contribution in [0.1, 0.15) is 6.92 Å². The van der Waals surface area contributed by atoms with Crippen LogP contribution in [0.15, 0.2) is 18.7 Å². The molecule has 0 N–H and O–H groups in total. The average molecular weight is 205 g/mol. The van der Waals surface area contributed by atoms with E-state index in [1.807, 2.05) is 17.8 Å². The Kier molecular flexibility index (Phi) is 3.05. The highest BCUT2D eigenvalue weighted by Crippen LogP contribution is 1.95. The number of rotatable bonds is 4. The van der Waals surface area contributed by atoms with Crippen molar-refractivity contribution in [3.8, 4) is 0 Å². The van der Waals surface area contributed by atoms with Crippen molar-refractivity contribution in [3.05, 3.63) is 18.7 Å². The van der Waals surface area contributed by atoms with Gasteiger partial charge in [-0.3, -0.25) is 0 Å². The Hall–Kier alpha value is -0.880. The van der Waals surface area contributed by atoms with Crippen LogP contribution in [0.5, 0.6) is 0 Å². The predicted octanol–water partition coefficient (Wildman–Crippen LogP) is -0.364. The summed E-state index contributed by atoms with van der Waals surface area (Å²) in [6.45, 7) is 1.59. The second-order valence-corrected chi connectivity index (χ2v) is 4.62. The highest BCUT2D eigenvalue weighted by molar-refractivity contribution is 7.86. The molecule has 0 aliphatic carbocycles. The summed E-state index contributed by atoms with van der Waals surface area (Å²) in [5.41, 5.74) is 0. The molecule has 5 nitrogen and oxygen atoms in total. The predicted molar refractivity (Wildman–Crippen MR) is 46.2 cm³/mol. The molecule has 1 heterocycles. The van der Waals surface area contributed by atoms with Gasteiger partial charge in [0, 0.05) is 0 Å². The van der Waals surface area contributed by atoms with Crippen molar-refractivity contribution in [1.29, 1.82) is 0 Å². The molecule has 1 aromatic rings. The highest BCUT2D eigenvalue weighted by atomic mass is 32.2. The number of nitrogens with zero attached hydrogens (tertiary/aromatic N) is 2. The summed E-state index contributed by atoms with van der Waals surface area (Å²) in [5.74, 6) is 0.000390. The van der Waals surface area contributed by atoms with E-state index in [-0.39, 0.29) is 12.5 Å². The third-order valence-electron chi connectivity index (χ3n) is 1.56. The molecule has 0 aromatic carbocycles. The normalized spacial score (nSPS) is 11.8. The van der Waals surface area contributed by atoms with Gasteiger partial charge in [-0.25, -0.2) is 13.3 Å². The minimum absolute atomic E-state index is 0.000390. The minimum atomic E-state index is -3.34. The van der Waals surface area contributed by atoms with Gasteiger partial charge in [0.1, 0.15) is 12.4 Å². The minimum Gasteiger partial charge on any atom is -0.239 e. The van der Waals surface area contributed by atoms with Gasteiger partial charge in [0.15, 0.2) is 0 Å². The van der Waals surface area contributed by atoms with Crippen LogP contribution >= 0.6 is 0 Å². The van der Waals surface area contributed by atoms with E-state index in [1.54, 1.807) is 24.0 Å². The van der Waals surface area contributed by atoms with Gasteiger partial charge in [0.05, 0.1) is 12.8 Å². The maximum absolute atomic E-state index is 10.9. The standard InChI is InChI=1S/C7H13N2O3S/c1-3-13(10,11)12-7-9-5-4-8(2)6-9/h4-6H,3,7H2,1-2H3/q+1. The monoisotopic (exact) mass is 205 g/mol. The second kappa shape index (κ2) is 3.89. The van der Waals surface area contributed by atoms with Crippen molar-refractivity contribution in [2.45, 2.75) is 13.7 Å². The molecule has 74 valence electrons. The smallest absolute Gasteiger partial charge is 0.239 e. The summed E-state index contributed by atoms with van der Waals surface area (Å²) >= 11 is 0. The lowest BCUT2D eigenvalue weighted by molar-refractivity contribution is -0.671. The Morgan fingerprint density at radius 3 is 2.69 bits per heavy atom. The van der Waals surface area contributed by atoms with Gasteiger partial charge in [0.25, 0.3) is 10.1 Å². The van der Waals surface area contributed by atoms with Gasteiger partial charge >= 0.3 is 0 Å². The molecule has 0 atom stereocenters. The molecule has 1 rings (SSSR count). The van der Waals surface area contributed by atoms with Gasteiger partial charge in [-0.2, -0.15) is 8.42 Å². The first-order chi connectivity index (χ1) is 6.03. The lowest BCUT2D eigenvalue weighted by Gasteiger charge is -1.98. The van der Waals surface area contributed by atoms with Gasteiger partial charge < -0.3 is 0 Å². The van der Waals surface area contributed by atoms with E-state index < -0.39 is 10.1 Å². The van der Waals surface area contributed by atoms with Crippen LogP contribution in [0.4, 0.5) is 0 Å². The summed E-state index contributed by atoms with van der Waals surface area (Å²) in [6, 6.07) is 0. The Morgan fingerprint density at radius 1 is 1.54 bits per heavy atom. The van der Waals surface area contributed by atoms with Crippen LogP contribution in [0.25, 0.3) is 0 Å². The fraction of sp³-hybridized carbons (Fsp3) is 0.571. The molecule has 0 saturated heterocycles. The zero-order valence-electron chi connectivity index (χ0n) is 7.67. The molecule has 0 spiro atoms. The van der Waals surface area contributed by atoms with E-state index in [4.69, 9.17) is 4.18 Å². The van der Waals surface area contributed by atoms with Crippen molar-refractivity contribution in [2.75, 3.05) is 5.75 Å². The Morgan fingerprint density at radius 2 is 2.23 bits per heavy atom. The molecule has 0 radical (unpaired) electrons. The molecule has 6 heteroatoms. The molecule has 1 aromatic heterocycles. The molecule has 0 unspecified atom stereocenters. The molecule has 0 bridgehead atoms. The van der Waals surface area contributed by atoms with Crippen molar-refractivity contribution in [3.63, 3.8) is 0 Å². The number of aryl methyl sites for hydroxylation is 1. The van der Waals surface area contributed by atoms with Gasteiger partial charge in [-0.15, -0.1) is 0 Å². The zero-order valence-corrected chi connectivity index (χ0v) is 8.49. The van der Waals surface area contributed by atoms with Crippen molar-refractivity contribution in [1.82, 2.24) is 4.57 Å². The number of hydrogen-bond donors (Lipinski definition) is 0. The van der Waals surface area contributed by atoms with E-state index in [2.05, 4.69) is 0 Å². The topological polar surface area (TPSA) is 52.2 Å². The van der Waals surface area contributed by atoms with Crippen LogP contribution in [0.3, 0.4) is 0 Å². The quantitative estimate of drug-likeness (QED) is 0.498. The summed E-state index contributed by atoms with van der Waals surface area (Å²) in [7, 11) is -1.49. The first-order valence-electron chi connectivity index (χ1n) is 3.91. The van der Waals surface area contributed by atoms with E-state index in [0.29, 0.717) is 0 Å². The average Bonchev–Trinajstić information content (AvgIpc) is 2.48. The molecule has 0 amide bonds. The van der Waals surface area contributed by atoms with Crippen molar-refractivity contribution in [2.24, 2.45) is 7.05 Å². The molecule has 0 aliphatic rings. The first kappa shape index (κ1) is 10.2. The lowest BCUT2D eigenvalue weighted by atomic mass is 10.9. The SMILES string of the molecule is CCS(=O)(=O)OCn1cc[n+](C)c1.